The molecule has 0 aliphatic carbocycles. The van der Waals surface area contributed by atoms with E-state index in [0.717, 1.165) is 53.5 Å². The van der Waals surface area contributed by atoms with Crippen LogP contribution in [0.1, 0.15) is 31.4 Å². The van der Waals surface area contributed by atoms with Gasteiger partial charge in [-0.1, -0.05) is 0 Å². The SMILES string of the molecule is CC(=O)N1CCC(c2[nH]nc(-c3ccc(F)cc3)c2-c2nccs2)CC1. The summed E-state index contributed by atoms with van der Waals surface area (Å²) >= 11 is 1.57. The molecule has 1 amide bonds. The van der Waals surface area contributed by atoms with Gasteiger partial charge in [0.1, 0.15) is 16.5 Å². The topological polar surface area (TPSA) is 61.9 Å². The number of aromatic nitrogens is 3. The Kier molecular flexibility index (Phi) is 4.55. The molecule has 0 atom stereocenters. The van der Waals surface area contributed by atoms with Crippen LogP contribution in [0.4, 0.5) is 4.39 Å². The van der Waals surface area contributed by atoms with Gasteiger partial charge in [-0.05, 0) is 37.1 Å². The molecule has 1 fully saturated rings. The summed E-state index contributed by atoms with van der Waals surface area (Å²) in [6, 6.07) is 6.37. The maximum absolute atomic E-state index is 13.3. The minimum atomic E-state index is -0.267. The third-order valence-electron chi connectivity index (χ3n) is 4.91. The lowest BCUT2D eigenvalue weighted by molar-refractivity contribution is -0.129. The zero-order valence-corrected chi connectivity index (χ0v) is 15.2. The number of hydrogen-bond acceptors (Lipinski definition) is 4. The maximum atomic E-state index is 13.3. The highest BCUT2D eigenvalue weighted by Crippen LogP contribution is 2.40. The van der Waals surface area contributed by atoms with E-state index in [4.69, 9.17) is 0 Å². The Bertz CT molecular complexity index is 896. The number of aromatic amines is 1. The summed E-state index contributed by atoms with van der Waals surface area (Å²) in [6.07, 6.45) is 3.57. The van der Waals surface area contributed by atoms with Crippen LogP contribution in [-0.2, 0) is 4.79 Å². The number of nitrogens with zero attached hydrogens (tertiary/aromatic N) is 3. The Hall–Kier alpha value is -2.54. The lowest BCUT2D eigenvalue weighted by Crippen LogP contribution is -2.36. The Morgan fingerprint density at radius 3 is 2.62 bits per heavy atom. The molecule has 0 bridgehead atoms. The number of piperidine rings is 1. The largest absolute Gasteiger partial charge is 0.343 e. The number of amides is 1. The molecule has 1 aliphatic rings. The Labute approximate surface area is 154 Å². The minimum Gasteiger partial charge on any atom is -0.343 e. The first kappa shape index (κ1) is 16.9. The molecule has 1 aliphatic heterocycles. The molecule has 134 valence electrons. The highest BCUT2D eigenvalue weighted by molar-refractivity contribution is 7.13. The van der Waals surface area contributed by atoms with Crippen molar-refractivity contribution in [2.45, 2.75) is 25.7 Å². The van der Waals surface area contributed by atoms with Gasteiger partial charge in [0.2, 0.25) is 5.91 Å². The predicted molar refractivity (Wildman–Crippen MR) is 99.3 cm³/mol. The second-order valence-corrected chi connectivity index (χ2v) is 7.38. The number of hydrogen-bond donors (Lipinski definition) is 1. The average molecular weight is 370 g/mol. The van der Waals surface area contributed by atoms with E-state index in [0.29, 0.717) is 5.92 Å². The molecular formula is C19H19FN4OS. The number of rotatable bonds is 3. The van der Waals surface area contributed by atoms with E-state index in [-0.39, 0.29) is 11.7 Å². The van der Waals surface area contributed by atoms with Crippen LogP contribution in [0.2, 0.25) is 0 Å². The van der Waals surface area contributed by atoms with E-state index in [1.165, 1.54) is 12.1 Å². The van der Waals surface area contributed by atoms with Crippen molar-refractivity contribution < 1.29 is 9.18 Å². The minimum absolute atomic E-state index is 0.125. The fraction of sp³-hybridized carbons (Fsp3) is 0.316. The molecule has 2 aromatic heterocycles. The number of carbonyl (C=O) groups is 1. The molecule has 7 heteroatoms. The number of nitrogens with one attached hydrogen (secondary N) is 1. The number of likely N-dealkylation sites (tertiary alicyclic amines) is 1. The summed E-state index contributed by atoms with van der Waals surface area (Å²) in [5.74, 6) is 0.156. The Morgan fingerprint density at radius 1 is 1.27 bits per heavy atom. The van der Waals surface area contributed by atoms with Gasteiger partial charge in [0, 0.05) is 48.8 Å². The smallest absolute Gasteiger partial charge is 0.219 e. The van der Waals surface area contributed by atoms with Crippen LogP contribution in [0.15, 0.2) is 35.8 Å². The summed E-state index contributed by atoms with van der Waals surface area (Å²) in [7, 11) is 0. The van der Waals surface area contributed by atoms with E-state index in [9.17, 15) is 9.18 Å². The van der Waals surface area contributed by atoms with Gasteiger partial charge in [0.15, 0.2) is 0 Å². The summed E-state index contributed by atoms with van der Waals surface area (Å²) in [4.78, 5) is 17.9. The molecule has 1 N–H and O–H groups in total. The number of carbonyl (C=O) groups excluding carboxylic acids is 1. The van der Waals surface area contributed by atoms with E-state index in [1.54, 1.807) is 36.6 Å². The summed E-state index contributed by atoms with van der Waals surface area (Å²) in [5, 5.41) is 10.6. The zero-order chi connectivity index (χ0) is 18.1. The van der Waals surface area contributed by atoms with E-state index >= 15 is 0 Å². The second-order valence-electron chi connectivity index (χ2n) is 6.49. The van der Waals surface area contributed by atoms with Gasteiger partial charge in [-0.25, -0.2) is 9.37 Å². The molecule has 26 heavy (non-hydrogen) atoms. The first-order valence-electron chi connectivity index (χ1n) is 8.63. The molecule has 3 heterocycles. The number of benzene rings is 1. The van der Waals surface area contributed by atoms with Crippen LogP contribution in [0.5, 0.6) is 0 Å². The van der Waals surface area contributed by atoms with Crippen molar-refractivity contribution >= 4 is 17.2 Å². The highest BCUT2D eigenvalue weighted by atomic mass is 32.1. The van der Waals surface area contributed by atoms with Crippen LogP contribution in [-0.4, -0.2) is 39.1 Å². The van der Waals surface area contributed by atoms with Crippen LogP contribution < -0.4 is 0 Å². The first-order chi connectivity index (χ1) is 12.6. The van der Waals surface area contributed by atoms with Crippen molar-refractivity contribution in [3.05, 3.63) is 47.4 Å². The Morgan fingerprint density at radius 2 is 2.00 bits per heavy atom. The van der Waals surface area contributed by atoms with Gasteiger partial charge < -0.3 is 4.90 Å². The van der Waals surface area contributed by atoms with Crippen LogP contribution >= 0.6 is 11.3 Å². The lowest BCUT2D eigenvalue weighted by Gasteiger charge is -2.31. The third-order valence-corrected chi connectivity index (χ3v) is 5.70. The molecule has 5 nitrogen and oxygen atoms in total. The van der Waals surface area contributed by atoms with Gasteiger partial charge >= 0.3 is 0 Å². The summed E-state index contributed by atoms with van der Waals surface area (Å²) in [6.45, 7) is 3.12. The molecule has 4 rings (SSSR count). The van der Waals surface area contributed by atoms with Crippen molar-refractivity contribution in [1.82, 2.24) is 20.1 Å². The maximum Gasteiger partial charge on any atom is 0.219 e. The zero-order valence-electron chi connectivity index (χ0n) is 14.4. The molecule has 0 unspecified atom stereocenters. The van der Waals surface area contributed by atoms with Crippen LogP contribution in [0, 0.1) is 5.82 Å². The number of thiazole rings is 1. The number of halogens is 1. The molecule has 3 aromatic rings. The standard InChI is InChI=1S/C19H19FN4OS/c1-12(25)24-9-6-14(7-10-24)18-16(19-21-8-11-26-19)17(22-23-18)13-2-4-15(20)5-3-13/h2-5,8,11,14H,6-7,9-10H2,1H3,(H,22,23). The van der Waals surface area contributed by atoms with Gasteiger partial charge in [0.05, 0.1) is 5.56 Å². The van der Waals surface area contributed by atoms with Crippen molar-refractivity contribution in [3.8, 4) is 21.8 Å². The van der Waals surface area contributed by atoms with E-state index in [2.05, 4.69) is 15.2 Å². The monoisotopic (exact) mass is 370 g/mol. The molecule has 0 spiro atoms. The Balaban J connectivity index is 1.72. The molecule has 1 saturated heterocycles. The first-order valence-corrected chi connectivity index (χ1v) is 9.51. The van der Waals surface area contributed by atoms with Gasteiger partial charge in [-0.3, -0.25) is 9.89 Å². The quantitative estimate of drug-likeness (QED) is 0.756. The van der Waals surface area contributed by atoms with Gasteiger partial charge in [-0.2, -0.15) is 5.10 Å². The molecule has 1 aromatic carbocycles. The average Bonchev–Trinajstić information content (AvgIpc) is 3.32. The second kappa shape index (κ2) is 6.99. The van der Waals surface area contributed by atoms with Crippen LogP contribution in [0.3, 0.4) is 0 Å². The van der Waals surface area contributed by atoms with E-state index in [1.807, 2.05) is 10.3 Å². The van der Waals surface area contributed by atoms with Crippen molar-refractivity contribution in [1.29, 1.82) is 0 Å². The van der Waals surface area contributed by atoms with Crippen molar-refractivity contribution in [2.24, 2.45) is 0 Å². The summed E-state index contributed by atoms with van der Waals surface area (Å²) < 4.78 is 13.3. The lowest BCUT2D eigenvalue weighted by atomic mass is 9.90. The number of H-pyrrole nitrogens is 1. The predicted octanol–water partition coefficient (Wildman–Crippen LogP) is 4.07. The summed E-state index contributed by atoms with van der Waals surface area (Å²) in [5.41, 5.74) is 3.71. The van der Waals surface area contributed by atoms with Crippen molar-refractivity contribution in [2.75, 3.05) is 13.1 Å². The fourth-order valence-corrected chi connectivity index (χ4v) is 4.21. The molecular weight excluding hydrogens is 351 g/mol. The molecule has 0 radical (unpaired) electrons. The van der Waals surface area contributed by atoms with Crippen LogP contribution in [0.25, 0.3) is 21.8 Å². The normalized spacial score (nSPS) is 15.4. The van der Waals surface area contributed by atoms with E-state index < -0.39 is 0 Å². The van der Waals surface area contributed by atoms with Crippen molar-refractivity contribution in [3.63, 3.8) is 0 Å². The highest BCUT2D eigenvalue weighted by Gasteiger charge is 2.28. The van der Waals surface area contributed by atoms with Gasteiger partial charge in [-0.15, -0.1) is 11.3 Å². The van der Waals surface area contributed by atoms with Gasteiger partial charge in [0.25, 0.3) is 0 Å². The molecule has 0 saturated carbocycles. The third kappa shape index (κ3) is 3.14. The fourth-order valence-electron chi connectivity index (χ4n) is 3.51.